The minimum atomic E-state index is -0.919. The van der Waals surface area contributed by atoms with E-state index in [1.807, 2.05) is 31.2 Å². The molecule has 1 unspecified atom stereocenters. The zero-order valence-corrected chi connectivity index (χ0v) is 18.9. The maximum atomic E-state index is 13.1. The van der Waals surface area contributed by atoms with Gasteiger partial charge in [0.25, 0.3) is 5.56 Å². The summed E-state index contributed by atoms with van der Waals surface area (Å²) < 4.78 is 1.10. The van der Waals surface area contributed by atoms with Gasteiger partial charge in [0, 0.05) is 22.7 Å². The highest BCUT2D eigenvalue weighted by atomic mass is 35.5. The first-order chi connectivity index (χ1) is 15.3. The Balaban J connectivity index is 2.02. The van der Waals surface area contributed by atoms with Crippen molar-refractivity contribution >= 4 is 34.8 Å². The van der Waals surface area contributed by atoms with Gasteiger partial charge in [0.15, 0.2) is 0 Å². The number of para-hydroxylation sites is 1. The van der Waals surface area contributed by atoms with Gasteiger partial charge in [0.1, 0.15) is 11.7 Å². The first kappa shape index (κ1) is 23.2. The molecule has 0 aliphatic rings. The average Bonchev–Trinajstić information content (AvgIpc) is 2.80. The molecule has 1 aromatic heterocycles. The van der Waals surface area contributed by atoms with Gasteiger partial charge in [-0.3, -0.25) is 14.4 Å². The number of aryl methyl sites for hydroxylation is 1. The Bertz CT molecular complexity index is 1190. The molecule has 3 rings (SSSR count). The molecule has 0 fully saturated rings. The maximum Gasteiger partial charge on any atom is 0.291 e. The van der Waals surface area contributed by atoms with E-state index in [2.05, 4.69) is 15.7 Å². The lowest BCUT2D eigenvalue weighted by atomic mass is 10.1. The van der Waals surface area contributed by atoms with Crippen LogP contribution in [0.3, 0.4) is 0 Å². The molecule has 1 atom stereocenters. The number of aromatic nitrogens is 2. The second-order valence-corrected chi connectivity index (χ2v) is 7.71. The van der Waals surface area contributed by atoms with Crippen molar-refractivity contribution in [1.82, 2.24) is 9.78 Å². The standard InChI is InChI=1S/C24H25ClN4O3/c1-4-16-8-6-7-9-19(16)27-23(31)15(3)29-24(32)21(26-22(30)5-2)14-20(28-29)17-10-12-18(25)13-11-17/h6-15H,4-5H2,1-3H3,(H,26,30)(H,27,31). The molecular formula is C24H25ClN4O3. The average molecular weight is 453 g/mol. The molecule has 2 aromatic carbocycles. The molecule has 32 heavy (non-hydrogen) atoms. The van der Waals surface area contributed by atoms with Crippen molar-refractivity contribution in [2.75, 3.05) is 10.6 Å². The number of benzene rings is 2. The molecule has 0 aliphatic heterocycles. The summed E-state index contributed by atoms with van der Waals surface area (Å²) in [7, 11) is 0. The normalized spacial score (nSPS) is 11.6. The topological polar surface area (TPSA) is 93.1 Å². The molecule has 1 heterocycles. The van der Waals surface area contributed by atoms with Crippen molar-refractivity contribution in [2.24, 2.45) is 0 Å². The maximum absolute atomic E-state index is 13.1. The predicted octanol–water partition coefficient (Wildman–Crippen LogP) is 4.67. The second-order valence-electron chi connectivity index (χ2n) is 7.28. The zero-order valence-electron chi connectivity index (χ0n) is 18.2. The Morgan fingerprint density at radius 1 is 1.03 bits per heavy atom. The fraction of sp³-hybridized carbons (Fsp3) is 0.250. The first-order valence-corrected chi connectivity index (χ1v) is 10.8. The molecule has 2 amide bonds. The van der Waals surface area contributed by atoms with Crippen LogP contribution in [0.25, 0.3) is 11.3 Å². The zero-order chi connectivity index (χ0) is 23.3. The summed E-state index contributed by atoms with van der Waals surface area (Å²) in [5.74, 6) is -0.697. The summed E-state index contributed by atoms with van der Waals surface area (Å²) in [6, 6.07) is 15.0. The van der Waals surface area contributed by atoms with E-state index in [0.29, 0.717) is 22.0 Å². The number of hydrogen-bond donors (Lipinski definition) is 2. The Kier molecular flexibility index (Phi) is 7.43. The van der Waals surface area contributed by atoms with Crippen LogP contribution < -0.4 is 16.2 Å². The van der Waals surface area contributed by atoms with Gasteiger partial charge in [-0.1, -0.05) is 55.8 Å². The van der Waals surface area contributed by atoms with Crippen LogP contribution in [0.1, 0.15) is 38.8 Å². The van der Waals surface area contributed by atoms with Gasteiger partial charge in [-0.15, -0.1) is 0 Å². The number of halogens is 1. The van der Waals surface area contributed by atoms with Gasteiger partial charge in [0.05, 0.1) is 5.69 Å². The van der Waals surface area contributed by atoms with Crippen LogP contribution in [0, 0.1) is 0 Å². The fourth-order valence-electron chi connectivity index (χ4n) is 3.16. The van der Waals surface area contributed by atoms with Crippen LogP contribution in [0.15, 0.2) is 59.4 Å². The van der Waals surface area contributed by atoms with Crippen molar-refractivity contribution in [2.45, 2.75) is 39.7 Å². The van der Waals surface area contributed by atoms with E-state index < -0.39 is 11.6 Å². The summed E-state index contributed by atoms with van der Waals surface area (Å²) in [4.78, 5) is 38.0. The molecule has 0 aliphatic carbocycles. The Morgan fingerprint density at radius 2 is 1.72 bits per heavy atom. The van der Waals surface area contributed by atoms with Gasteiger partial charge in [0.2, 0.25) is 11.8 Å². The van der Waals surface area contributed by atoms with Gasteiger partial charge in [-0.2, -0.15) is 5.10 Å². The monoisotopic (exact) mass is 452 g/mol. The third-order valence-corrected chi connectivity index (χ3v) is 5.32. The van der Waals surface area contributed by atoms with Gasteiger partial charge < -0.3 is 10.6 Å². The van der Waals surface area contributed by atoms with E-state index in [9.17, 15) is 14.4 Å². The Labute approximate surface area is 191 Å². The van der Waals surface area contributed by atoms with Gasteiger partial charge in [-0.05, 0) is 43.2 Å². The molecule has 0 bridgehead atoms. The third-order valence-electron chi connectivity index (χ3n) is 5.07. The molecule has 0 spiro atoms. The Morgan fingerprint density at radius 3 is 2.38 bits per heavy atom. The largest absolute Gasteiger partial charge is 0.324 e. The number of nitrogens with one attached hydrogen (secondary N) is 2. The lowest BCUT2D eigenvalue weighted by Gasteiger charge is -2.18. The first-order valence-electron chi connectivity index (χ1n) is 10.4. The number of nitrogens with zero attached hydrogens (tertiary/aromatic N) is 2. The number of carbonyl (C=O) groups excluding carboxylic acids is 2. The van der Waals surface area contributed by atoms with Gasteiger partial charge in [-0.25, -0.2) is 4.68 Å². The van der Waals surface area contributed by atoms with E-state index in [-0.39, 0.29) is 23.9 Å². The SMILES string of the molecule is CCC(=O)Nc1cc(-c2ccc(Cl)cc2)nn(C(C)C(=O)Nc2ccccc2CC)c1=O. The summed E-state index contributed by atoms with van der Waals surface area (Å²) >= 11 is 5.98. The molecule has 2 N–H and O–H groups in total. The number of carbonyl (C=O) groups is 2. The molecule has 0 saturated carbocycles. The molecule has 3 aromatic rings. The summed E-state index contributed by atoms with van der Waals surface area (Å²) in [6.45, 7) is 5.28. The molecule has 7 nitrogen and oxygen atoms in total. The molecule has 0 saturated heterocycles. The summed E-state index contributed by atoms with van der Waals surface area (Å²) in [6.07, 6.45) is 0.962. The highest BCUT2D eigenvalue weighted by Gasteiger charge is 2.22. The van der Waals surface area contributed by atoms with Crippen LogP contribution in [0.2, 0.25) is 5.02 Å². The summed E-state index contributed by atoms with van der Waals surface area (Å²) in [5.41, 5.74) is 2.30. The summed E-state index contributed by atoms with van der Waals surface area (Å²) in [5, 5.41) is 10.5. The molecule has 0 radical (unpaired) electrons. The fourth-order valence-corrected chi connectivity index (χ4v) is 3.29. The molecule has 166 valence electrons. The Hall–Kier alpha value is -3.45. The van der Waals surface area contributed by atoms with E-state index >= 15 is 0 Å². The van der Waals surface area contributed by atoms with Crippen LogP contribution in [-0.4, -0.2) is 21.6 Å². The number of anilines is 2. The minimum Gasteiger partial charge on any atom is -0.324 e. The molecular weight excluding hydrogens is 428 g/mol. The van der Waals surface area contributed by atoms with E-state index in [1.54, 1.807) is 38.1 Å². The van der Waals surface area contributed by atoms with Crippen molar-refractivity contribution < 1.29 is 9.59 Å². The predicted molar refractivity (Wildman–Crippen MR) is 127 cm³/mol. The number of rotatable bonds is 7. The van der Waals surface area contributed by atoms with Crippen LogP contribution in [0.5, 0.6) is 0 Å². The highest BCUT2D eigenvalue weighted by molar-refractivity contribution is 6.30. The highest BCUT2D eigenvalue weighted by Crippen LogP contribution is 2.22. The van der Waals surface area contributed by atoms with Crippen LogP contribution in [-0.2, 0) is 16.0 Å². The van der Waals surface area contributed by atoms with Crippen molar-refractivity contribution in [3.05, 3.63) is 75.5 Å². The van der Waals surface area contributed by atoms with Crippen LogP contribution >= 0.6 is 11.6 Å². The smallest absolute Gasteiger partial charge is 0.291 e. The number of amides is 2. The van der Waals surface area contributed by atoms with Crippen LogP contribution in [0.4, 0.5) is 11.4 Å². The van der Waals surface area contributed by atoms with E-state index in [4.69, 9.17) is 11.6 Å². The second kappa shape index (κ2) is 10.2. The minimum absolute atomic E-state index is 0.0606. The quantitative estimate of drug-likeness (QED) is 0.544. The van der Waals surface area contributed by atoms with Crippen molar-refractivity contribution in [3.63, 3.8) is 0 Å². The van der Waals surface area contributed by atoms with E-state index in [0.717, 1.165) is 16.7 Å². The van der Waals surface area contributed by atoms with Crippen molar-refractivity contribution in [3.8, 4) is 11.3 Å². The lowest BCUT2D eigenvalue weighted by Crippen LogP contribution is -2.35. The van der Waals surface area contributed by atoms with E-state index in [1.165, 1.54) is 6.07 Å². The molecule has 8 heteroatoms. The van der Waals surface area contributed by atoms with Gasteiger partial charge >= 0.3 is 0 Å². The lowest BCUT2D eigenvalue weighted by molar-refractivity contribution is -0.119. The number of hydrogen-bond acceptors (Lipinski definition) is 4. The third kappa shape index (κ3) is 5.23. The van der Waals surface area contributed by atoms with Crippen molar-refractivity contribution in [1.29, 1.82) is 0 Å².